The monoisotopic (exact) mass is 780 g/mol. The van der Waals surface area contributed by atoms with Crippen LogP contribution in [0.25, 0.3) is 10.9 Å². The number of nitrogens with one attached hydrogen (secondary N) is 2. The zero-order valence-corrected chi connectivity index (χ0v) is 31.2. The van der Waals surface area contributed by atoms with Gasteiger partial charge in [0.25, 0.3) is 0 Å². The summed E-state index contributed by atoms with van der Waals surface area (Å²) in [5.41, 5.74) is 2.17. The lowest BCUT2D eigenvalue weighted by Gasteiger charge is -2.43. The Kier molecular flexibility index (Phi) is 9.92. The van der Waals surface area contributed by atoms with Gasteiger partial charge >= 0.3 is 12.2 Å². The number of sulfonamides is 1. The Morgan fingerprint density at radius 2 is 1.65 bits per heavy atom. The predicted molar refractivity (Wildman–Crippen MR) is 199 cm³/mol. The second-order valence-electron chi connectivity index (χ2n) is 14.9. The van der Waals surface area contributed by atoms with E-state index in [1.54, 1.807) is 22.9 Å². The van der Waals surface area contributed by atoms with Gasteiger partial charge in [0.15, 0.2) is 5.82 Å². The van der Waals surface area contributed by atoms with Gasteiger partial charge in [0.05, 0.1) is 16.0 Å². The molecule has 0 spiro atoms. The highest BCUT2D eigenvalue weighted by Crippen LogP contribution is 2.35. The smallest absolute Gasteiger partial charge is 0.371 e. The minimum Gasteiger partial charge on any atom is -0.371 e. The number of nitrogens with zero attached hydrogens (tertiary/aromatic N) is 8. The summed E-state index contributed by atoms with van der Waals surface area (Å²) in [4.78, 5) is 38.2. The second kappa shape index (κ2) is 14.7. The highest BCUT2D eigenvalue weighted by atomic mass is 32.2. The van der Waals surface area contributed by atoms with E-state index in [0.717, 1.165) is 74.5 Å². The van der Waals surface area contributed by atoms with Crippen LogP contribution in [0.4, 0.5) is 35.4 Å². The average Bonchev–Trinajstić information content (AvgIpc) is 3.48. The number of anilines is 3. The van der Waals surface area contributed by atoms with Gasteiger partial charge in [-0.3, -0.25) is 19.7 Å². The van der Waals surface area contributed by atoms with Gasteiger partial charge in [0, 0.05) is 101 Å². The van der Waals surface area contributed by atoms with Crippen LogP contribution in [0.1, 0.15) is 49.1 Å². The quantitative estimate of drug-likeness (QED) is 0.250. The molecule has 0 radical (unpaired) electrons. The van der Waals surface area contributed by atoms with Crippen molar-refractivity contribution in [2.45, 2.75) is 55.1 Å². The fourth-order valence-electron chi connectivity index (χ4n) is 8.11. The lowest BCUT2D eigenvalue weighted by Crippen LogP contribution is -2.49. The Labute approximate surface area is 316 Å². The largest absolute Gasteiger partial charge is 0.419 e. The molecule has 4 aromatic rings. The van der Waals surface area contributed by atoms with Crippen LogP contribution in [-0.2, 0) is 28.0 Å². The summed E-state index contributed by atoms with van der Waals surface area (Å²) in [6.07, 6.45) is 0.182. The van der Waals surface area contributed by atoms with Gasteiger partial charge in [-0.05, 0) is 67.5 Å². The first-order valence-electron chi connectivity index (χ1n) is 18.6. The van der Waals surface area contributed by atoms with Crippen molar-refractivity contribution in [1.82, 2.24) is 34.3 Å². The zero-order chi connectivity index (χ0) is 38.5. The first-order valence-corrected chi connectivity index (χ1v) is 20.1. The second-order valence-corrected chi connectivity index (χ2v) is 16.9. The Morgan fingerprint density at radius 3 is 2.35 bits per heavy atom. The molecule has 8 rings (SSSR count). The highest BCUT2D eigenvalue weighted by Gasteiger charge is 2.35. The molecule has 4 fully saturated rings. The molecule has 2 N–H and O–H groups in total. The first kappa shape index (κ1) is 37.1. The number of piperidine rings is 2. The molecule has 4 aliphatic rings. The average molecular weight is 781 g/mol. The maximum Gasteiger partial charge on any atom is 0.419 e. The fraction of sp³-hybridized carbons (Fsp3) is 0.486. The van der Waals surface area contributed by atoms with E-state index < -0.39 is 27.8 Å². The minimum atomic E-state index is -4.51. The lowest BCUT2D eigenvalue weighted by molar-refractivity contribution is -0.138. The van der Waals surface area contributed by atoms with E-state index in [0.29, 0.717) is 37.0 Å². The van der Waals surface area contributed by atoms with Crippen LogP contribution in [-0.4, -0.2) is 108 Å². The molecule has 6 heterocycles. The number of benzene rings is 2. The van der Waals surface area contributed by atoms with Crippen LogP contribution in [0, 0.1) is 5.92 Å². The number of rotatable bonds is 9. The summed E-state index contributed by atoms with van der Waals surface area (Å²) in [6.45, 7) is 5.52. The molecule has 292 valence electrons. The third-order valence-electron chi connectivity index (χ3n) is 11.3. The summed E-state index contributed by atoms with van der Waals surface area (Å²) in [5.74, 6) is 1.34. The SMILES string of the molecule is Cn1nc(N2CCC(=O)NC2=O)c2ccc(C3CN(CC4CCN(c5cccc(S(=O)(=O)N6CCC(Nc7ncc(C(F)(F)F)cn7)CC6)c5)CC4)C3)cc21. The van der Waals surface area contributed by atoms with Crippen LogP contribution in [0.15, 0.2) is 59.8 Å². The number of likely N-dealkylation sites (tertiary alicyclic amines) is 1. The van der Waals surface area contributed by atoms with Gasteiger partial charge in [-0.25, -0.2) is 23.2 Å². The first-order chi connectivity index (χ1) is 26.3. The van der Waals surface area contributed by atoms with Crippen molar-refractivity contribution in [3.8, 4) is 0 Å². The van der Waals surface area contributed by atoms with E-state index in [-0.39, 0.29) is 42.3 Å². The lowest BCUT2D eigenvalue weighted by atomic mass is 9.88. The molecule has 18 heteroatoms. The number of carbonyl (C=O) groups is 2. The standard InChI is InChI=1S/C37H43F3N10O4S/c1-46-32-17-25(5-6-31(32)34(45-46)50-16-11-33(51)44-36(50)52)26-22-47(23-26)21-24-7-12-48(13-8-24)29-3-2-4-30(18-29)55(53,54)49-14-9-28(10-15-49)43-35-41-19-27(20-42-35)37(38,39)40/h2-6,17-20,24,26,28H,7-16,21-23H2,1H3,(H,41,42,43)(H,44,51,52). The Bertz CT molecular complexity index is 2180. The number of hydrogen-bond donors (Lipinski definition) is 2. The number of fused-ring (bicyclic) bond motifs is 1. The van der Waals surface area contributed by atoms with Crippen LogP contribution < -0.4 is 20.4 Å². The Morgan fingerprint density at radius 1 is 0.927 bits per heavy atom. The molecule has 4 saturated heterocycles. The highest BCUT2D eigenvalue weighted by molar-refractivity contribution is 7.89. The molecule has 3 amide bonds. The molecule has 55 heavy (non-hydrogen) atoms. The zero-order valence-electron chi connectivity index (χ0n) is 30.4. The van der Waals surface area contributed by atoms with E-state index in [2.05, 4.69) is 47.6 Å². The molecule has 14 nitrogen and oxygen atoms in total. The van der Waals surface area contributed by atoms with E-state index >= 15 is 0 Å². The van der Waals surface area contributed by atoms with Crippen molar-refractivity contribution in [3.63, 3.8) is 0 Å². The molecular formula is C37H43F3N10O4S. The number of alkyl halides is 3. The van der Waals surface area contributed by atoms with Crippen molar-refractivity contribution >= 4 is 50.3 Å². The van der Waals surface area contributed by atoms with Gasteiger partial charge in [-0.15, -0.1) is 0 Å². The molecule has 0 unspecified atom stereocenters. The fourth-order valence-corrected chi connectivity index (χ4v) is 9.62. The number of halogens is 3. The number of aromatic nitrogens is 4. The van der Waals surface area contributed by atoms with Crippen LogP contribution in [0.2, 0.25) is 0 Å². The molecule has 2 aromatic carbocycles. The minimum absolute atomic E-state index is 0.0853. The molecule has 0 atom stereocenters. The Hall–Kier alpha value is -4.81. The number of imide groups is 1. The maximum atomic E-state index is 13.6. The molecule has 4 aliphatic heterocycles. The number of hydrogen-bond acceptors (Lipinski definition) is 10. The number of aryl methyl sites for hydroxylation is 1. The number of urea groups is 1. The van der Waals surface area contributed by atoms with Crippen molar-refractivity contribution in [1.29, 1.82) is 0 Å². The molecule has 0 saturated carbocycles. The summed E-state index contributed by atoms with van der Waals surface area (Å²) >= 11 is 0. The van der Waals surface area contributed by atoms with Gasteiger partial charge in [0.2, 0.25) is 21.9 Å². The normalized spacial score (nSPS) is 20.2. The van der Waals surface area contributed by atoms with E-state index in [1.165, 1.54) is 14.8 Å². The van der Waals surface area contributed by atoms with Crippen LogP contribution >= 0.6 is 0 Å². The summed E-state index contributed by atoms with van der Waals surface area (Å²) in [6, 6.07) is 12.9. The van der Waals surface area contributed by atoms with Crippen LogP contribution in [0.3, 0.4) is 0 Å². The summed E-state index contributed by atoms with van der Waals surface area (Å²) < 4.78 is 69.1. The van der Waals surface area contributed by atoms with E-state index in [1.807, 2.05) is 19.2 Å². The van der Waals surface area contributed by atoms with Crippen molar-refractivity contribution in [3.05, 3.63) is 66.0 Å². The van der Waals surface area contributed by atoms with Crippen molar-refractivity contribution in [2.75, 3.05) is 67.5 Å². The Balaban J connectivity index is 0.804. The third kappa shape index (κ3) is 7.71. The number of amides is 3. The van der Waals surface area contributed by atoms with E-state index in [9.17, 15) is 31.2 Å². The molecule has 0 bridgehead atoms. The predicted octanol–water partition coefficient (Wildman–Crippen LogP) is 4.41. The molecule has 0 aliphatic carbocycles. The van der Waals surface area contributed by atoms with Gasteiger partial charge < -0.3 is 15.1 Å². The summed E-state index contributed by atoms with van der Waals surface area (Å²) in [7, 11) is -1.86. The van der Waals surface area contributed by atoms with Crippen LogP contribution in [0.5, 0.6) is 0 Å². The van der Waals surface area contributed by atoms with Gasteiger partial charge in [0.1, 0.15) is 0 Å². The van der Waals surface area contributed by atoms with Gasteiger partial charge in [-0.2, -0.15) is 22.6 Å². The van der Waals surface area contributed by atoms with Crippen molar-refractivity contribution in [2.24, 2.45) is 13.0 Å². The number of carbonyl (C=O) groups excluding carboxylic acids is 2. The van der Waals surface area contributed by atoms with E-state index in [4.69, 9.17) is 0 Å². The topological polar surface area (TPSA) is 149 Å². The third-order valence-corrected chi connectivity index (χ3v) is 13.2. The molecule has 2 aromatic heterocycles. The van der Waals surface area contributed by atoms with Crippen molar-refractivity contribution < 1.29 is 31.2 Å². The molecular weight excluding hydrogens is 738 g/mol. The van der Waals surface area contributed by atoms with Gasteiger partial charge in [-0.1, -0.05) is 12.1 Å². The maximum absolute atomic E-state index is 13.6. The summed E-state index contributed by atoms with van der Waals surface area (Å²) in [5, 5.41) is 10.9.